The lowest BCUT2D eigenvalue weighted by Gasteiger charge is -2.15. The number of hydrogen-bond acceptors (Lipinski definition) is 3. The van der Waals surface area contributed by atoms with Gasteiger partial charge in [0, 0.05) is 17.8 Å². The van der Waals surface area contributed by atoms with Crippen molar-refractivity contribution in [2.45, 2.75) is 5.37 Å². The summed E-state index contributed by atoms with van der Waals surface area (Å²) in [6.07, 6.45) is 4.17. The van der Waals surface area contributed by atoms with Gasteiger partial charge in [-0.25, -0.2) is 0 Å². The maximum atomic E-state index is 5.76. The maximum absolute atomic E-state index is 5.76. The van der Waals surface area contributed by atoms with E-state index in [0.717, 1.165) is 5.70 Å². The summed E-state index contributed by atoms with van der Waals surface area (Å²) >= 11 is 4.11. The lowest BCUT2D eigenvalue weighted by atomic mass is 10.1. The third-order valence-corrected chi connectivity index (χ3v) is 4.08. The van der Waals surface area contributed by atoms with Crippen LogP contribution in [0, 0.1) is 5.92 Å². The molecule has 54 valence electrons. The number of fused-ring (bicyclic) bond motifs is 1. The van der Waals surface area contributed by atoms with Crippen LogP contribution in [-0.2, 0) is 0 Å². The summed E-state index contributed by atoms with van der Waals surface area (Å²) in [5.41, 5.74) is 6.75. The zero-order chi connectivity index (χ0) is 7.14. The summed E-state index contributed by atoms with van der Waals surface area (Å²) in [5, 5.41) is 2.65. The van der Waals surface area contributed by atoms with E-state index in [9.17, 15) is 0 Å². The van der Waals surface area contributed by atoms with Gasteiger partial charge in [-0.05, 0) is 5.41 Å². The van der Waals surface area contributed by atoms with E-state index in [4.69, 9.17) is 5.73 Å². The fourth-order valence-electron chi connectivity index (χ4n) is 1.18. The van der Waals surface area contributed by atoms with Gasteiger partial charge < -0.3 is 8.85 Å². The summed E-state index contributed by atoms with van der Waals surface area (Å²) in [6, 6.07) is 0. The number of rotatable bonds is 0. The highest BCUT2D eigenvalue weighted by Crippen LogP contribution is 2.41. The van der Waals surface area contributed by atoms with Crippen LogP contribution >= 0.6 is 34.6 Å². The molecule has 0 aliphatic carbocycles. The Morgan fingerprint density at radius 1 is 1.70 bits per heavy atom. The Morgan fingerprint density at radius 2 is 2.50 bits per heavy atom. The van der Waals surface area contributed by atoms with E-state index in [2.05, 4.69) is 37.5 Å². The van der Waals surface area contributed by atoms with E-state index in [-0.39, 0.29) is 0 Å². The molecule has 2 aliphatic rings. The molecule has 4 heteroatoms. The third kappa shape index (κ3) is 0.852. The van der Waals surface area contributed by atoms with Crippen molar-refractivity contribution in [3.8, 4) is 0 Å². The number of nitrogens with two attached hydrogens (primary N) is 1. The van der Waals surface area contributed by atoms with Crippen LogP contribution < -0.4 is 5.73 Å². The molecule has 0 aromatic heterocycles. The van der Waals surface area contributed by atoms with Crippen LogP contribution in [-0.4, -0.2) is 8.49 Å². The Balaban J connectivity index is 2.27. The van der Waals surface area contributed by atoms with E-state index in [1.54, 1.807) is 0 Å². The van der Waals surface area contributed by atoms with Crippen molar-refractivity contribution in [1.82, 2.24) is 3.11 Å². The molecule has 2 rings (SSSR count). The maximum Gasteiger partial charge on any atom is 0.0997 e. The zero-order valence-electron chi connectivity index (χ0n) is 5.20. The number of thioether (sulfide) groups is 1. The zero-order valence-corrected chi connectivity index (χ0v) is 8.17. The second-order valence-electron chi connectivity index (χ2n) is 2.35. The molecular formula is C6H7IN2S. The van der Waals surface area contributed by atoms with Gasteiger partial charge in [0.2, 0.25) is 0 Å². The molecule has 0 aromatic rings. The molecule has 0 aromatic carbocycles. The SMILES string of the molecule is NC1=CN(I)C2SC=CC12. The normalized spacial score (nSPS) is 36.5. The minimum atomic E-state index is 0.460. The molecule has 0 saturated carbocycles. The Kier molecular flexibility index (Phi) is 1.60. The van der Waals surface area contributed by atoms with E-state index >= 15 is 0 Å². The summed E-state index contributed by atoms with van der Waals surface area (Å²) in [5.74, 6) is 0.460. The predicted octanol–water partition coefficient (Wildman–Crippen LogP) is 1.65. The molecule has 0 spiro atoms. The molecule has 0 radical (unpaired) electrons. The molecule has 2 N–H and O–H groups in total. The summed E-state index contributed by atoms with van der Waals surface area (Å²) in [7, 11) is 0. The second kappa shape index (κ2) is 2.34. The van der Waals surface area contributed by atoms with Gasteiger partial charge in [-0.1, -0.05) is 6.08 Å². The van der Waals surface area contributed by atoms with Crippen molar-refractivity contribution in [2.75, 3.05) is 0 Å². The fourth-order valence-corrected chi connectivity index (χ4v) is 3.26. The minimum Gasteiger partial charge on any atom is -0.400 e. The highest BCUT2D eigenvalue weighted by Gasteiger charge is 2.34. The molecule has 2 nitrogen and oxygen atoms in total. The van der Waals surface area contributed by atoms with E-state index in [1.807, 2.05) is 18.0 Å². The number of nitrogens with zero attached hydrogens (tertiary/aromatic N) is 1. The third-order valence-electron chi connectivity index (χ3n) is 1.71. The first-order valence-electron chi connectivity index (χ1n) is 3.02. The molecule has 2 unspecified atom stereocenters. The largest absolute Gasteiger partial charge is 0.400 e. The minimum absolute atomic E-state index is 0.460. The summed E-state index contributed by atoms with van der Waals surface area (Å²) in [4.78, 5) is 0. The Hall–Kier alpha value is 0.160. The van der Waals surface area contributed by atoms with Gasteiger partial charge in [0.15, 0.2) is 0 Å². The van der Waals surface area contributed by atoms with E-state index in [0.29, 0.717) is 11.3 Å². The Bertz CT molecular complexity index is 214. The van der Waals surface area contributed by atoms with Gasteiger partial charge in [-0.2, -0.15) is 0 Å². The first-order valence-corrected chi connectivity index (χ1v) is 4.93. The fraction of sp³-hybridized carbons (Fsp3) is 0.333. The first kappa shape index (κ1) is 6.84. The Labute approximate surface area is 78.0 Å². The standard InChI is InChI=1S/C6H7IN2S/c7-9-3-5(8)4-1-2-10-6(4)9/h1-4,6H,8H2. The highest BCUT2D eigenvalue weighted by atomic mass is 127. The first-order chi connectivity index (χ1) is 4.79. The lowest BCUT2D eigenvalue weighted by molar-refractivity contribution is 0.600. The van der Waals surface area contributed by atoms with E-state index < -0.39 is 0 Å². The van der Waals surface area contributed by atoms with E-state index in [1.165, 1.54) is 0 Å². The molecule has 2 heterocycles. The van der Waals surface area contributed by atoms with Gasteiger partial charge in [0.25, 0.3) is 0 Å². The summed E-state index contributed by atoms with van der Waals surface area (Å²) in [6.45, 7) is 0. The smallest absolute Gasteiger partial charge is 0.0997 e. The van der Waals surface area contributed by atoms with Crippen LogP contribution in [0.25, 0.3) is 0 Å². The summed E-state index contributed by atoms with van der Waals surface area (Å²) < 4.78 is 2.14. The van der Waals surface area contributed by atoms with Gasteiger partial charge in [-0.3, -0.25) is 0 Å². The van der Waals surface area contributed by atoms with Gasteiger partial charge in [-0.15, -0.1) is 11.8 Å². The second-order valence-corrected chi connectivity index (χ2v) is 4.50. The molecular weight excluding hydrogens is 259 g/mol. The van der Waals surface area contributed by atoms with Crippen molar-refractivity contribution in [3.63, 3.8) is 0 Å². The van der Waals surface area contributed by atoms with Crippen molar-refractivity contribution in [1.29, 1.82) is 0 Å². The number of halogens is 1. The van der Waals surface area contributed by atoms with Crippen molar-refractivity contribution in [3.05, 3.63) is 23.4 Å². The predicted molar refractivity (Wildman–Crippen MR) is 52.1 cm³/mol. The van der Waals surface area contributed by atoms with Crippen molar-refractivity contribution < 1.29 is 0 Å². The molecule has 2 aliphatic heterocycles. The lowest BCUT2D eigenvalue weighted by Crippen LogP contribution is -2.18. The van der Waals surface area contributed by atoms with Crippen LogP contribution in [0.1, 0.15) is 0 Å². The highest BCUT2D eigenvalue weighted by molar-refractivity contribution is 14.1. The molecule has 0 fully saturated rings. The number of hydrogen-bond donors (Lipinski definition) is 1. The molecule has 10 heavy (non-hydrogen) atoms. The average Bonchev–Trinajstić information content (AvgIpc) is 2.39. The average molecular weight is 266 g/mol. The molecule has 0 amide bonds. The monoisotopic (exact) mass is 266 g/mol. The van der Waals surface area contributed by atoms with Gasteiger partial charge in [0.05, 0.1) is 28.2 Å². The van der Waals surface area contributed by atoms with Crippen LogP contribution in [0.3, 0.4) is 0 Å². The topological polar surface area (TPSA) is 29.3 Å². The van der Waals surface area contributed by atoms with Crippen LogP contribution in [0.4, 0.5) is 0 Å². The van der Waals surface area contributed by atoms with Crippen LogP contribution in [0.15, 0.2) is 23.4 Å². The molecule has 2 atom stereocenters. The molecule has 0 bridgehead atoms. The van der Waals surface area contributed by atoms with Crippen LogP contribution in [0.2, 0.25) is 0 Å². The van der Waals surface area contributed by atoms with Crippen LogP contribution in [0.5, 0.6) is 0 Å². The van der Waals surface area contributed by atoms with Gasteiger partial charge in [0.1, 0.15) is 0 Å². The van der Waals surface area contributed by atoms with Gasteiger partial charge >= 0.3 is 0 Å². The molecule has 0 saturated heterocycles. The Morgan fingerprint density at radius 3 is 3.20 bits per heavy atom. The van der Waals surface area contributed by atoms with Crippen molar-refractivity contribution in [2.24, 2.45) is 11.7 Å². The van der Waals surface area contributed by atoms with Crippen molar-refractivity contribution >= 4 is 34.6 Å². The quantitative estimate of drug-likeness (QED) is 0.534.